The molecule has 0 saturated carbocycles. The Labute approximate surface area is 167 Å². The molecule has 0 aliphatic heterocycles. The lowest BCUT2D eigenvalue weighted by atomic mass is 10.2. The summed E-state index contributed by atoms with van der Waals surface area (Å²) in [6.07, 6.45) is 1.27. The maximum Gasteiger partial charge on any atom is 0.144 e. The number of fused-ring (bicyclic) bond motifs is 1. The highest BCUT2D eigenvalue weighted by molar-refractivity contribution is 6.31. The van der Waals surface area contributed by atoms with Crippen molar-refractivity contribution in [1.29, 1.82) is 0 Å². The van der Waals surface area contributed by atoms with E-state index in [1.54, 1.807) is 25.3 Å². The predicted molar refractivity (Wildman–Crippen MR) is 108 cm³/mol. The van der Waals surface area contributed by atoms with Crippen molar-refractivity contribution in [3.05, 3.63) is 47.5 Å². The van der Waals surface area contributed by atoms with E-state index in [1.807, 2.05) is 6.92 Å². The Balaban J connectivity index is 0.00000261. The monoisotopic (exact) mass is 412 g/mol. The minimum absolute atomic E-state index is 0. The molecule has 9 heteroatoms. The number of anilines is 3. The molecule has 0 aliphatic carbocycles. The first-order valence-corrected chi connectivity index (χ1v) is 8.27. The second-order valence-corrected chi connectivity index (χ2v) is 6.17. The van der Waals surface area contributed by atoms with Gasteiger partial charge >= 0.3 is 0 Å². The Morgan fingerprint density at radius 3 is 2.74 bits per heavy atom. The number of hydrogen-bond donors (Lipinski definition) is 2. The van der Waals surface area contributed by atoms with Gasteiger partial charge in [0.1, 0.15) is 29.8 Å². The summed E-state index contributed by atoms with van der Waals surface area (Å²) in [5.74, 6) is 0.568. The zero-order valence-electron chi connectivity index (χ0n) is 14.7. The van der Waals surface area contributed by atoms with Crippen molar-refractivity contribution in [3.8, 4) is 5.75 Å². The van der Waals surface area contributed by atoms with E-state index in [2.05, 4.69) is 15.3 Å². The normalized spacial score (nSPS) is 11.7. The van der Waals surface area contributed by atoms with Crippen LogP contribution in [0.4, 0.5) is 21.6 Å². The Morgan fingerprint density at radius 1 is 1.26 bits per heavy atom. The second kappa shape index (κ2) is 9.03. The summed E-state index contributed by atoms with van der Waals surface area (Å²) in [5, 5.41) is 3.83. The van der Waals surface area contributed by atoms with Gasteiger partial charge in [-0.15, -0.1) is 12.4 Å². The molecule has 0 amide bonds. The van der Waals surface area contributed by atoms with E-state index < -0.39 is 5.82 Å². The number of rotatable bonds is 6. The van der Waals surface area contributed by atoms with E-state index in [1.165, 1.54) is 18.5 Å². The zero-order chi connectivity index (χ0) is 18.7. The lowest BCUT2D eigenvalue weighted by Gasteiger charge is -2.16. The van der Waals surface area contributed by atoms with Crippen LogP contribution in [0.25, 0.3) is 10.9 Å². The number of methoxy groups -OCH3 is 1. The molecule has 27 heavy (non-hydrogen) atoms. The van der Waals surface area contributed by atoms with Crippen molar-refractivity contribution < 1.29 is 13.9 Å². The molecule has 0 bridgehead atoms. The van der Waals surface area contributed by atoms with Crippen LogP contribution in [0, 0.1) is 5.82 Å². The average Bonchev–Trinajstić information content (AvgIpc) is 2.60. The molecule has 1 heterocycles. The van der Waals surface area contributed by atoms with Gasteiger partial charge < -0.3 is 20.5 Å². The van der Waals surface area contributed by atoms with Crippen LogP contribution in [0.3, 0.4) is 0 Å². The van der Waals surface area contributed by atoms with Gasteiger partial charge in [0.25, 0.3) is 0 Å². The van der Waals surface area contributed by atoms with E-state index in [9.17, 15) is 4.39 Å². The summed E-state index contributed by atoms with van der Waals surface area (Å²) in [5.41, 5.74) is 7.83. The van der Waals surface area contributed by atoms with Crippen LogP contribution in [-0.2, 0) is 4.74 Å². The van der Waals surface area contributed by atoms with E-state index in [4.69, 9.17) is 26.8 Å². The van der Waals surface area contributed by atoms with Crippen LogP contribution in [0.1, 0.15) is 6.92 Å². The van der Waals surface area contributed by atoms with Crippen molar-refractivity contribution in [2.24, 2.45) is 0 Å². The average molecular weight is 413 g/mol. The van der Waals surface area contributed by atoms with Gasteiger partial charge in [-0.25, -0.2) is 14.4 Å². The minimum atomic E-state index is -0.485. The van der Waals surface area contributed by atoms with Crippen LogP contribution in [0.15, 0.2) is 36.7 Å². The molecule has 0 radical (unpaired) electrons. The van der Waals surface area contributed by atoms with E-state index in [0.29, 0.717) is 40.5 Å². The topological polar surface area (TPSA) is 82.3 Å². The maximum absolute atomic E-state index is 13.3. The van der Waals surface area contributed by atoms with Gasteiger partial charge in [0.15, 0.2) is 0 Å². The first kappa shape index (κ1) is 21.0. The van der Waals surface area contributed by atoms with Crippen molar-refractivity contribution in [3.63, 3.8) is 0 Å². The number of nitrogen functional groups attached to an aromatic ring is 1. The fraction of sp³-hybridized carbons (Fsp3) is 0.222. The molecule has 0 spiro atoms. The Kier molecular flexibility index (Phi) is 7.01. The molecule has 0 saturated heterocycles. The molecular formula is C18H19Cl2FN4O2. The third-order valence-electron chi connectivity index (χ3n) is 3.68. The summed E-state index contributed by atoms with van der Waals surface area (Å²) in [6, 6.07) is 7.82. The van der Waals surface area contributed by atoms with Gasteiger partial charge in [0.2, 0.25) is 0 Å². The molecule has 3 rings (SSSR count). The number of hydrogen-bond acceptors (Lipinski definition) is 6. The largest absolute Gasteiger partial charge is 0.486 e. The molecule has 144 valence electrons. The van der Waals surface area contributed by atoms with Gasteiger partial charge in [-0.3, -0.25) is 0 Å². The van der Waals surface area contributed by atoms with Gasteiger partial charge in [0.05, 0.1) is 22.8 Å². The molecule has 0 unspecified atom stereocenters. The number of aromatic nitrogens is 2. The van der Waals surface area contributed by atoms with E-state index in [0.717, 1.165) is 0 Å². The SMILES string of the molecule is COC[C@H](C)Oc1cc2ncnc(Nc3ccc(F)c(Cl)c3)c2cc1N.Cl. The number of nitrogens with one attached hydrogen (secondary N) is 1. The Morgan fingerprint density at radius 2 is 2.04 bits per heavy atom. The summed E-state index contributed by atoms with van der Waals surface area (Å²) >= 11 is 5.82. The highest BCUT2D eigenvalue weighted by Gasteiger charge is 2.12. The minimum Gasteiger partial charge on any atom is -0.486 e. The number of halogens is 3. The molecule has 3 aromatic rings. The smallest absolute Gasteiger partial charge is 0.144 e. The number of nitrogens with two attached hydrogens (primary N) is 1. The first-order valence-electron chi connectivity index (χ1n) is 7.90. The zero-order valence-corrected chi connectivity index (χ0v) is 16.3. The second-order valence-electron chi connectivity index (χ2n) is 5.77. The third kappa shape index (κ3) is 4.88. The fourth-order valence-electron chi connectivity index (χ4n) is 2.50. The lowest BCUT2D eigenvalue weighted by Crippen LogP contribution is -2.18. The highest BCUT2D eigenvalue weighted by atomic mass is 35.5. The van der Waals surface area contributed by atoms with Crippen LogP contribution in [0.2, 0.25) is 5.02 Å². The van der Waals surface area contributed by atoms with Gasteiger partial charge in [-0.2, -0.15) is 0 Å². The molecule has 3 N–H and O–H groups in total. The number of benzene rings is 2. The van der Waals surface area contributed by atoms with Crippen LogP contribution in [-0.4, -0.2) is 29.8 Å². The van der Waals surface area contributed by atoms with Crippen molar-refractivity contribution >= 4 is 52.1 Å². The summed E-state index contributed by atoms with van der Waals surface area (Å²) in [6.45, 7) is 2.33. The Bertz CT molecular complexity index is 943. The van der Waals surface area contributed by atoms with Crippen LogP contribution >= 0.6 is 24.0 Å². The molecule has 1 atom stereocenters. The van der Waals surface area contributed by atoms with Crippen molar-refractivity contribution in [2.45, 2.75) is 13.0 Å². The van der Waals surface area contributed by atoms with Crippen molar-refractivity contribution in [1.82, 2.24) is 9.97 Å². The predicted octanol–water partition coefficient (Wildman–Crippen LogP) is 4.58. The number of nitrogens with zero attached hydrogens (tertiary/aromatic N) is 2. The Hall–Kier alpha value is -2.35. The molecule has 0 aliphatic rings. The molecule has 1 aromatic heterocycles. The summed E-state index contributed by atoms with van der Waals surface area (Å²) in [4.78, 5) is 8.51. The third-order valence-corrected chi connectivity index (χ3v) is 3.97. The quantitative estimate of drug-likeness (QED) is 0.576. The summed E-state index contributed by atoms with van der Waals surface area (Å²) in [7, 11) is 1.61. The lowest BCUT2D eigenvalue weighted by molar-refractivity contribution is 0.0926. The van der Waals surface area contributed by atoms with Crippen LogP contribution in [0.5, 0.6) is 5.75 Å². The molecule has 2 aromatic carbocycles. The molecule has 6 nitrogen and oxygen atoms in total. The van der Waals surface area contributed by atoms with Gasteiger partial charge in [0, 0.05) is 24.2 Å². The number of ether oxygens (including phenoxy) is 2. The standard InChI is InChI=1S/C18H18ClFN4O2.ClH/c1-10(8-25-2)26-17-7-16-12(6-15(17)21)18(23-9-22-16)24-11-3-4-14(20)13(19)5-11;/h3-7,9-10H,8,21H2,1-2H3,(H,22,23,24);1H/t10-;/m0./s1. The molecular weight excluding hydrogens is 394 g/mol. The van der Waals surface area contributed by atoms with Crippen molar-refractivity contribution in [2.75, 3.05) is 24.8 Å². The summed E-state index contributed by atoms with van der Waals surface area (Å²) < 4.78 is 24.2. The van der Waals surface area contributed by atoms with E-state index in [-0.39, 0.29) is 23.5 Å². The van der Waals surface area contributed by atoms with Gasteiger partial charge in [-0.1, -0.05) is 11.6 Å². The maximum atomic E-state index is 13.3. The fourth-order valence-corrected chi connectivity index (χ4v) is 2.68. The van der Waals surface area contributed by atoms with Gasteiger partial charge in [-0.05, 0) is 31.2 Å². The first-order chi connectivity index (χ1) is 12.5. The highest BCUT2D eigenvalue weighted by Crippen LogP contribution is 2.32. The van der Waals surface area contributed by atoms with E-state index >= 15 is 0 Å². The molecule has 0 fully saturated rings. The van der Waals surface area contributed by atoms with Crippen LogP contribution < -0.4 is 15.8 Å².